The van der Waals surface area contributed by atoms with Crippen molar-refractivity contribution in [2.75, 3.05) is 0 Å². The first-order chi connectivity index (χ1) is 4.79. The van der Waals surface area contributed by atoms with Gasteiger partial charge < -0.3 is 4.74 Å². The van der Waals surface area contributed by atoms with Gasteiger partial charge in [-0.25, -0.2) is 0 Å². The van der Waals surface area contributed by atoms with Crippen LogP contribution in [0, 0.1) is 0 Å². The van der Waals surface area contributed by atoms with Gasteiger partial charge in [-0.15, -0.1) is 0 Å². The van der Waals surface area contributed by atoms with E-state index in [4.69, 9.17) is 4.74 Å². The summed E-state index contributed by atoms with van der Waals surface area (Å²) in [4.78, 5) is 10.8. The molecule has 0 aromatic carbocycles. The largest absolute Gasteiger partial charge is 0.463 e. The minimum absolute atomic E-state index is 0.0211. The maximum Gasteiger partial charge on any atom is 0.306 e. The molecule has 0 unspecified atom stereocenters. The molecule has 0 saturated carbocycles. The zero-order valence-corrected chi connectivity index (χ0v) is 6.43. The molecule has 1 saturated heterocycles. The fraction of sp³-hybridized carbons (Fsp3) is 0.875. The summed E-state index contributed by atoms with van der Waals surface area (Å²) < 4.78 is 5.05. The van der Waals surface area contributed by atoms with E-state index in [1.807, 2.05) is 6.92 Å². The van der Waals surface area contributed by atoms with E-state index in [-0.39, 0.29) is 12.1 Å². The molecule has 2 nitrogen and oxygen atoms in total. The number of carbonyl (C=O) groups is 1. The van der Waals surface area contributed by atoms with Crippen molar-refractivity contribution in [2.24, 2.45) is 0 Å². The summed E-state index contributed by atoms with van der Waals surface area (Å²) in [5, 5.41) is 0. The summed E-state index contributed by atoms with van der Waals surface area (Å²) in [5.74, 6) is -0.0211. The minimum atomic E-state index is -0.0211. The van der Waals surface area contributed by atoms with E-state index < -0.39 is 0 Å². The normalized spacial score (nSPS) is 28.5. The van der Waals surface area contributed by atoms with Crippen LogP contribution in [0.5, 0.6) is 0 Å². The monoisotopic (exact) mass is 142 g/mol. The number of hydrogen-bond acceptors (Lipinski definition) is 2. The van der Waals surface area contributed by atoms with Crippen LogP contribution in [-0.2, 0) is 9.53 Å². The fourth-order valence-electron chi connectivity index (χ4n) is 1.22. The molecule has 0 aromatic rings. The van der Waals surface area contributed by atoms with Crippen LogP contribution in [0.15, 0.2) is 0 Å². The summed E-state index contributed by atoms with van der Waals surface area (Å²) >= 11 is 0. The van der Waals surface area contributed by atoms with Crippen LogP contribution < -0.4 is 0 Å². The maximum absolute atomic E-state index is 10.8. The Morgan fingerprint density at radius 2 is 2.20 bits per heavy atom. The smallest absolute Gasteiger partial charge is 0.306 e. The standard InChI is InChI=1S/C8H14O2/c1-7-5-3-2-4-6-8(9)10-7/h7H,2-6H2,1H3/t7-/m0/s1. The van der Waals surface area contributed by atoms with Gasteiger partial charge in [-0.3, -0.25) is 4.79 Å². The van der Waals surface area contributed by atoms with Crippen molar-refractivity contribution in [3.63, 3.8) is 0 Å². The van der Waals surface area contributed by atoms with Gasteiger partial charge in [0, 0.05) is 6.42 Å². The van der Waals surface area contributed by atoms with Crippen LogP contribution in [0.2, 0.25) is 0 Å². The van der Waals surface area contributed by atoms with Gasteiger partial charge in [0.05, 0.1) is 6.10 Å². The van der Waals surface area contributed by atoms with E-state index in [1.54, 1.807) is 0 Å². The number of esters is 1. The first-order valence-corrected chi connectivity index (χ1v) is 3.98. The third kappa shape index (κ3) is 2.38. The number of cyclic esters (lactones) is 1. The zero-order chi connectivity index (χ0) is 7.40. The SMILES string of the molecule is C[C@H]1CCCCCC(=O)O1. The second kappa shape index (κ2) is 3.59. The van der Waals surface area contributed by atoms with E-state index >= 15 is 0 Å². The molecule has 0 spiro atoms. The van der Waals surface area contributed by atoms with Crippen molar-refractivity contribution in [1.82, 2.24) is 0 Å². The average molecular weight is 142 g/mol. The van der Waals surface area contributed by atoms with E-state index in [1.165, 1.54) is 12.8 Å². The average Bonchev–Trinajstić information content (AvgIpc) is 1.83. The molecule has 58 valence electrons. The lowest BCUT2D eigenvalue weighted by Gasteiger charge is -2.15. The van der Waals surface area contributed by atoms with Gasteiger partial charge in [-0.2, -0.15) is 0 Å². The lowest BCUT2D eigenvalue weighted by Crippen LogP contribution is -2.16. The van der Waals surface area contributed by atoms with E-state index in [2.05, 4.69) is 0 Å². The maximum atomic E-state index is 10.8. The Morgan fingerprint density at radius 3 is 3.00 bits per heavy atom. The van der Waals surface area contributed by atoms with Gasteiger partial charge in [-0.1, -0.05) is 6.42 Å². The predicted molar refractivity (Wildman–Crippen MR) is 38.6 cm³/mol. The van der Waals surface area contributed by atoms with Crippen molar-refractivity contribution in [1.29, 1.82) is 0 Å². The number of hydrogen-bond donors (Lipinski definition) is 0. The molecule has 0 aliphatic carbocycles. The minimum Gasteiger partial charge on any atom is -0.463 e. The fourth-order valence-corrected chi connectivity index (χ4v) is 1.22. The first-order valence-electron chi connectivity index (χ1n) is 3.98. The van der Waals surface area contributed by atoms with Crippen molar-refractivity contribution >= 4 is 5.97 Å². The van der Waals surface area contributed by atoms with Crippen molar-refractivity contribution in [3.05, 3.63) is 0 Å². The van der Waals surface area contributed by atoms with Gasteiger partial charge in [-0.05, 0) is 26.2 Å². The van der Waals surface area contributed by atoms with E-state index in [0.717, 1.165) is 12.8 Å². The molecule has 1 fully saturated rings. The Kier molecular flexibility index (Phi) is 2.72. The first kappa shape index (κ1) is 7.58. The molecule has 10 heavy (non-hydrogen) atoms. The molecule has 1 aliphatic heterocycles. The molecule has 0 amide bonds. The molecule has 1 heterocycles. The molecule has 0 aromatic heterocycles. The van der Waals surface area contributed by atoms with Crippen molar-refractivity contribution in [2.45, 2.75) is 45.1 Å². The molecule has 1 atom stereocenters. The van der Waals surface area contributed by atoms with E-state index in [0.29, 0.717) is 6.42 Å². The summed E-state index contributed by atoms with van der Waals surface area (Å²) in [6.45, 7) is 1.96. The zero-order valence-electron chi connectivity index (χ0n) is 6.43. The number of ether oxygens (including phenoxy) is 1. The van der Waals surface area contributed by atoms with Crippen molar-refractivity contribution in [3.8, 4) is 0 Å². The molecular formula is C8H14O2. The second-order valence-corrected chi connectivity index (χ2v) is 2.90. The third-order valence-corrected chi connectivity index (χ3v) is 1.82. The van der Waals surface area contributed by atoms with Crippen LogP contribution >= 0.6 is 0 Å². The summed E-state index contributed by atoms with van der Waals surface area (Å²) in [6, 6.07) is 0. The highest BCUT2D eigenvalue weighted by atomic mass is 16.5. The second-order valence-electron chi connectivity index (χ2n) is 2.90. The Morgan fingerprint density at radius 1 is 1.40 bits per heavy atom. The number of rotatable bonds is 0. The Labute approximate surface area is 61.6 Å². The van der Waals surface area contributed by atoms with Crippen LogP contribution in [0.4, 0.5) is 0 Å². The van der Waals surface area contributed by atoms with Gasteiger partial charge in [0.15, 0.2) is 0 Å². The highest BCUT2D eigenvalue weighted by molar-refractivity contribution is 5.69. The van der Waals surface area contributed by atoms with Gasteiger partial charge in [0.25, 0.3) is 0 Å². The number of carbonyl (C=O) groups excluding carboxylic acids is 1. The predicted octanol–water partition coefficient (Wildman–Crippen LogP) is 1.88. The topological polar surface area (TPSA) is 26.3 Å². The van der Waals surface area contributed by atoms with Crippen LogP contribution in [0.1, 0.15) is 39.0 Å². The lowest BCUT2D eigenvalue weighted by atomic mass is 10.1. The third-order valence-electron chi connectivity index (χ3n) is 1.82. The lowest BCUT2D eigenvalue weighted by molar-refractivity contribution is -0.149. The van der Waals surface area contributed by atoms with Gasteiger partial charge in [0.1, 0.15) is 0 Å². The molecular weight excluding hydrogens is 128 g/mol. The molecule has 1 aliphatic rings. The highest BCUT2D eigenvalue weighted by Gasteiger charge is 2.11. The summed E-state index contributed by atoms with van der Waals surface area (Å²) in [6.07, 6.45) is 5.18. The Balaban J connectivity index is 2.32. The van der Waals surface area contributed by atoms with Crippen LogP contribution in [0.25, 0.3) is 0 Å². The van der Waals surface area contributed by atoms with Gasteiger partial charge in [0.2, 0.25) is 0 Å². The molecule has 0 N–H and O–H groups in total. The summed E-state index contributed by atoms with van der Waals surface area (Å²) in [5.41, 5.74) is 0. The van der Waals surface area contributed by atoms with Crippen molar-refractivity contribution < 1.29 is 9.53 Å². The molecule has 1 rings (SSSR count). The molecule has 0 bridgehead atoms. The quantitative estimate of drug-likeness (QED) is 0.483. The van der Waals surface area contributed by atoms with Crippen LogP contribution in [-0.4, -0.2) is 12.1 Å². The van der Waals surface area contributed by atoms with Gasteiger partial charge >= 0.3 is 5.97 Å². The highest BCUT2D eigenvalue weighted by Crippen LogP contribution is 2.13. The Bertz CT molecular complexity index is 120. The van der Waals surface area contributed by atoms with Crippen LogP contribution in [0.3, 0.4) is 0 Å². The Hall–Kier alpha value is -0.530. The summed E-state index contributed by atoms with van der Waals surface area (Å²) in [7, 11) is 0. The molecule has 0 radical (unpaired) electrons. The van der Waals surface area contributed by atoms with E-state index in [9.17, 15) is 4.79 Å². The molecule has 2 heteroatoms.